The fourth-order valence-electron chi connectivity index (χ4n) is 4.71. The third-order valence-corrected chi connectivity index (χ3v) is 6.82. The predicted molar refractivity (Wildman–Crippen MR) is 153 cm³/mol. The van der Waals surface area contributed by atoms with Gasteiger partial charge in [-0.25, -0.2) is 4.79 Å². The molecule has 0 unspecified atom stereocenters. The molecule has 4 rings (SSSR count). The Bertz CT molecular complexity index is 1190. The average molecular weight is 499 g/mol. The topological polar surface area (TPSA) is 58.6 Å². The van der Waals surface area contributed by atoms with Crippen LogP contribution < -0.4 is 10.2 Å². The number of amides is 1. The number of hydrogen-bond acceptors (Lipinski definition) is 4. The van der Waals surface area contributed by atoms with Gasteiger partial charge < -0.3 is 15.0 Å². The Morgan fingerprint density at radius 2 is 1.59 bits per heavy atom. The lowest BCUT2D eigenvalue weighted by atomic mass is 9.88. The van der Waals surface area contributed by atoms with Crippen molar-refractivity contribution in [2.45, 2.75) is 46.1 Å². The first-order valence-electron chi connectivity index (χ1n) is 12.6. The summed E-state index contributed by atoms with van der Waals surface area (Å²) in [4.78, 5) is 27.2. The number of rotatable bonds is 8. The SMILES string of the molecule is C.CNc1ccc(-c2ccc(CN(C(=O)C3CCCCC3)c3cccc(/C=C/C(=O)OC)c3)cc2)cc1. The average Bonchev–Trinajstić information content (AvgIpc) is 2.95. The Balaban J connectivity index is 0.00000380. The van der Waals surface area contributed by atoms with Crippen LogP contribution >= 0.6 is 0 Å². The summed E-state index contributed by atoms with van der Waals surface area (Å²) in [5, 5.41) is 3.15. The molecule has 1 amide bonds. The molecule has 1 aliphatic rings. The van der Waals surface area contributed by atoms with Gasteiger partial charge in [0.05, 0.1) is 13.7 Å². The Labute approximate surface area is 221 Å². The first-order chi connectivity index (χ1) is 17.6. The molecular weight excluding hydrogens is 460 g/mol. The van der Waals surface area contributed by atoms with Crippen LogP contribution in [-0.4, -0.2) is 26.0 Å². The van der Waals surface area contributed by atoms with Crippen LogP contribution in [0.2, 0.25) is 0 Å². The number of hydrogen-bond donors (Lipinski definition) is 1. The van der Waals surface area contributed by atoms with E-state index in [0.29, 0.717) is 6.54 Å². The molecule has 0 bridgehead atoms. The van der Waals surface area contributed by atoms with Gasteiger partial charge >= 0.3 is 5.97 Å². The molecule has 37 heavy (non-hydrogen) atoms. The van der Waals surface area contributed by atoms with Crippen LogP contribution in [0.1, 0.15) is 50.7 Å². The highest BCUT2D eigenvalue weighted by molar-refractivity contribution is 5.95. The summed E-state index contributed by atoms with van der Waals surface area (Å²) >= 11 is 0. The quantitative estimate of drug-likeness (QED) is 0.261. The van der Waals surface area contributed by atoms with Crippen LogP contribution in [0.3, 0.4) is 0 Å². The maximum absolute atomic E-state index is 13.7. The summed E-state index contributed by atoms with van der Waals surface area (Å²) in [5.41, 5.74) is 6.13. The lowest BCUT2D eigenvalue weighted by Gasteiger charge is -2.30. The zero-order valence-electron chi connectivity index (χ0n) is 21.1. The van der Waals surface area contributed by atoms with Crippen LogP contribution in [0.4, 0.5) is 11.4 Å². The highest BCUT2D eigenvalue weighted by atomic mass is 16.5. The lowest BCUT2D eigenvalue weighted by molar-refractivity contribution is -0.134. The van der Waals surface area contributed by atoms with Crippen molar-refractivity contribution in [1.29, 1.82) is 0 Å². The van der Waals surface area contributed by atoms with Gasteiger partial charge in [0.1, 0.15) is 0 Å². The van der Waals surface area contributed by atoms with Gasteiger partial charge in [0.15, 0.2) is 0 Å². The summed E-state index contributed by atoms with van der Waals surface area (Å²) < 4.78 is 4.71. The van der Waals surface area contributed by atoms with Crippen molar-refractivity contribution in [3.05, 3.63) is 90.0 Å². The van der Waals surface area contributed by atoms with Crippen molar-refractivity contribution in [3.8, 4) is 11.1 Å². The maximum atomic E-state index is 13.7. The van der Waals surface area contributed by atoms with E-state index in [1.807, 2.05) is 36.2 Å². The molecule has 3 aromatic carbocycles. The zero-order valence-corrected chi connectivity index (χ0v) is 21.1. The summed E-state index contributed by atoms with van der Waals surface area (Å²) in [5.74, 6) is -0.176. The number of nitrogens with one attached hydrogen (secondary N) is 1. The second-order valence-electron chi connectivity index (χ2n) is 9.24. The van der Waals surface area contributed by atoms with Crippen LogP contribution in [0, 0.1) is 5.92 Å². The smallest absolute Gasteiger partial charge is 0.330 e. The van der Waals surface area contributed by atoms with Gasteiger partial charge in [0.2, 0.25) is 5.91 Å². The molecule has 0 saturated heterocycles. The van der Waals surface area contributed by atoms with Crippen molar-refractivity contribution >= 4 is 29.3 Å². The fourth-order valence-corrected chi connectivity index (χ4v) is 4.71. The molecule has 1 N–H and O–H groups in total. The van der Waals surface area contributed by atoms with Crippen molar-refractivity contribution in [2.24, 2.45) is 5.92 Å². The molecular formula is C32H38N2O3. The van der Waals surface area contributed by atoms with Crippen LogP contribution in [-0.2, 0) is 20.9 Å². The van der Waals surface area contributed by atoms with Crippen molar-refractivity contribution in [3.63, 3.8) is 0 Å². The number of nitrogens with zero attached hydrogens (tertiary/aromatic N) is 1. The molecule has 194 valence electrons. The molecule has 0 spiro atoms. The molecule has 0 aromatic heterocycles. The monoisotopic (exact) mass is 498 g/mol. The standard InChI is InChI=1S/C31H34N2O3.CH4/c1-32-28-18-16-26(17-19-28)25-14-11-24(12-15-25)22-33(31(35)27-8-4-3-5-9-27)29-10-6-7-23(21-29)13-20-30(34)36-2;/h6-7,10-21,27,32H,3-5,8-9,22H2,1-2H3;1H4/b20-13+;. The third-order valence-electron chi connectivity index (χ3n) is 6.82. The number of ether oxygens (including phenoxy) is 1. The van der Waals surface area contributed by atoms with Gasteiger partial charge in [-0.05, 0) is 65.4 Å². The second-order valence-corrected chi connectivity index (χ2v) is 9.24. The van der Waals surface area contributed by atoms with E-state index in [0.717, 1.165) is 59.3 Å². The normalized spacial score (nSPS) is 13.6. The minimum Gasteiger partial charge on any atom is -0.466 e. The third kappa shape index (κ3) is 7.32. The van der Waals surface area contributed by atoms with Gasteiger partial charge in [-0.2, -0.15) is 0 Å². The highest BCUT2D eigenvalue weighted by Gasteiger charge is 2.27. The van der Waals surface area contributed by atoms with Crippen molar-refractivity contribution in [2.75, 3.05) is 24.4 Å². The molecule has 1 saturated carbocycles. The van der Waals surface area contributed by atoms with Crippen molar-refractivity contribution in [1.82, 2.24) is 0 Å². The van der Waals surface area contributed by atoms with E-state index in [4.69, 9.17) is 4.74 Å². The van der Waals surface area contributed by atoms with Gasteiger partial charge in [-0.15, -0.1) is 0 Å². The first-order valence-corrected chi connectivity index (χ1v) is 12.6. The van der Waals surface area contributed by atoms with E-state index >= 15 is 0 Å². The van der Waals surface area contributed by atoms with Gasteiger partial charge in [-0.3, -0.25) is 4.79 Å². The van der Waals surface area contributed by atoms with Crippen LogP contribution in [0.5, 0.6) is 0 Å². The van der Waals surface area contributed by atoms with E-state index in [1.165, 1.54) is 19.6 Å². The highest BCUT2D eigenvalue weighted by Crippen LogP contribution is 2.30. The molecule has 1 aliphatic carbocycles. The fraction of sp³-hybridized carbons (Fsp3) is 0.312. The Morgan fingerprint density at radius 1 is 0.946 bits per heavy atom. The molecule has 0 heterocycles. The second kappa shape index (κ2) is 13.4. The number of carbonyl (C=O) groups is 2. The number of carbonyl (C=O) groups excluding carboxylic acids is 2. The van der Waals surface area contributed by atoms with E-state index in [2.05, 4.69) is 53.8 Å². The number of methoxy groups -OCH3 is 1. The first kappa shape index (κ1) is 27.7. The lowest BCUT2D eigenvalue weighted by Crippen LogP contribution is -2.36. The molecule has 5 heteroatoms. The molecule has 5 nitrogen and oxygen atoms in total. The Kier molecular flexibility index (Phi) is 10.1. The van der Waals surface area contributed by atoms with E-state index in [-0.39, 0.29) is 19.3 Å². The number of benzene rings is 3. The zero-order chi connectivity index (χ0) is 25.3. The van der Waals surface area contributed by atoms with E-state index in [1.54, 1.807) is 6.08 Å². The van der Waals surface area contributed by atoms with Gasteiger partial charge in [-0.1, -0.05) is 75.2 Å². The van der Waals surface area contributed by atoms with E-state index in [9.17, 15) is 9.59 Å². The maximum Gasteiger partial charge on any atom is 0.330 e. The van der Waals surface area contributed by atoms with Crippen LogP contribution in [0.25, 0.3) is 17.2 Å². The molecule has 3 aromatic rings. The minimum atomic E-state index is -0.406. The summed E-state index contributed by atoms with van der Waals surface area (Å²) in [7, 11) is 3.27. The number of anilines is 2. The Hall–Kier alpha value is -3.86. The molecule has 0 aliphatic heterocycles. The predicted octanol–water partition coefficient (Wildman–Crippen LogP) is 7.33. The van der Waals surface area contributed by atoms with Gasteiger partial charge in [0, 0.05) is 30.4 Å². The number of esters is 1. The molecule has 0 atom stereocenters. The van der Waals surface area contributed by atoms with Gasteiger partial charge in [0.25, 0.3) is 0 Å². The Morgan fingerprint density at radius 3 is 2.22 bits per heavy atom. The molecule has 1 fully saturated rings. The molecule has 0 radical (unpaired) electrons. The minimum absolute atomic E-state index is 0. The summed E-state index contributed by atoms with van der Waals surface area (Å²) in [6.07, 6.45) is 8.41. The summed E-state index contributed by atoms with van der Waals surface area (Å²) in [6.45, 7) is 0.498. The summed E-state index contributed by atoms with van der Waals surface area (Å²) in [6, 6.07) is 24.5. The largest absolute Gasteiger partial charge is 0.466 e. The van der Waals surface area contributed by atoms with Crippen molar-refractivity contribution < 1.29 is 14.3 Å². The van der Waals surface area contributed by atoms with Crippen LogP contribution in [0.15, 0.2) is 78.9 Å². The van der Waals surface area contributed by atoms with E-state index < -0.39 is 5.97 Å².